The molecule has 0 aliphatic rings. The van der Waals surface area contributed by atoms with Gasteiger partial charge in [0.05, 0.1) is 16.2 Å². The molecular formula is C15H13ClN8O. The summed E-state index contributed by atoms with van der Waals surface area (Å²) in [5.74, 6) is 0.885. The van der Waals surface area contributed by atoms with Crippen molar-refractivity contribution < 1.29 is 4.74 Å². The van der Waals surface area contributed by atoms with Crippen molar-refractivity contribution in [3.8, 4) is 12.0 Å². The number of ether oxygens (including phenoxy) is 1. The molecule has 0 bridgehead atoms. The summed E-state index contributed by atoms with van der Waals surface area (Å²) in [5.41, 5.74) is 7.72. The van der Waals surface area contributed by atoms with Crippen LogP contribution in [0.2, 0.25) is 5.02 Å². The van der Waals surface area contributed by atoms with E-state index in [1.165, 1.54) is 4.68 Å². The average Bonchev–Trinajstić information content (AvgIpc) is 3.17. The van der Waals surface area contributed by atoms with E-state index >= 15 is 0 Å². The number of halogens is 1. The molecule has 0 spiro atoms. The van der Waals surface area contributed by atoms with Crippen LogP contribution in [0.5, 0.6) is 6.01 Å². The van der Waals surface area contributed by atoms with Crippen molar-refractivity contribution in [3.05, 3.63) is 47.1 Å². The van der Waals surface area contributed by atoms with Crippen LogP contribution in [0.25, 0.3) is 17.0 Å². The topological polar surface area (TPSA) is 110 Å². The number of nitrogen functional groups attached to an aromatic ring is 1. The molecule has 3 aromatic heterocycles. The first-order valence-corrected chi connectivity index (χ1v) is 7.75. The monoisotopic (exact) mass is 356 g/mol. The predicted molar refractivity (Wildman–Crippen MR) is 91.4 cm³/mol. The third-order valence-electron chi connectivity index (χ3n) is 3.58. The van der Waals surface area contributed by atoms with E-state index in [2.05, 4.69) is 25.5 Å². The van der Waals surface area contributed by atoms with Gasteiger partial charge >= 0.3 is 6.01 Å². The number of para-hydroxylation sites is 1. The van der Waals surface area contributed by atoms with E-state index < -0.39 is 0 Å². The molecule has 25 heavy (non-hydrogen) atoms. The summed E-state index contributed by atoms with van der Waals surface area (Å²) in [5, 5.41) is 12.1. The second-order valence-electron chi connectivity index (χ2n) is 5.28. The Morgan fingerprint density at radius 3 is 2.76 bits per heavy atom. The maximum absolute atomic E-state index is 6.26. The number of tetrazole rings is 1. The summed E-state index contributed by atoms with van der Waals surface area (Å²) in [6, 6.07) is 11.1. The van der Waals surface area contributed by atoms with E-state index in [4.69, 9.17) is 22.1 Å². The van der Waals surface area contributed by atoms with Crippen LogP contribution in [0.1, 0.15) is 5.69 Å². The molecule has 3 heterocycles. The maximum Gasteiger partial charge on any atom is 0.305 e. The standard InChI is InChI=1S/C15H13ClN8O/c1-23-14(20-21-22-23)24-11-6-3-5-10(16)13(11)19-15(24)25-8-9-4-2-7-12(17)18-9/h2-7H,8H2,1H3,(H2,17,18). The molecule has 0 fully saturated rings. The molecule has 0 aliphatic heterocycles. The fourth-order valence-electron chi connectivity index (χ4n) is 2.47. The molecule has 126 valence electrons. The largest absolute Gasteiger partial charge is 0.458 e. The van der Waals surface area contributed by atoms with Gasteiger partial charge in [-0.2, -0.15) is 4.98 Å². The highest BCUT2D eigenvalue weighted by Crippen LogP contribution is 2.29. The third kappa shape index (κ3) is 2.74. The van der Waals surface area contributed by atoms with Crippen LogP contribution in [0.4, 0.5) is 5.82 Å². The number of rotatable bonds is 4. The Balaban J connectivity index is 1.80. The van der Waals surface area contributed by atoms with Crippen molar-refractivity contribution in [1.82, 2.24) is 34.7 Å². The van der Waals surface area contributed by atoms with Crippen LogP contribution in [0, 0.1) is 0 Å². The number of benzene rings is 1. The first kappa shape index (κ1) is 15.3. The predicted octanol–water partition coefficient (Wildman–Crippen LogP) is 1.76. The van der Waals surface area contributed by atoms with E-state index in [1.807, 2.05) is 24.3 Å². The zero-order valence-corrected chi connectivity index (χ0v) is 13.9. The minimum absolute atomic E-state index is 0.192. The molecule has 0 saturated carbocycles. The Hall–Kier alpha value is -3.20. The molecule has 0 unspecified atom stereocenters. The molecule has 1 aromatic carbocycles. The molecule has 0 radical (unpaired) electrons. The van der Waals surface area contributed by atoms with Crippen LogP contribution in [-0.4, -0.2) is 34.7 Å². The Labute approximate surface area is 147 Å². The summed E-state index contributed by atoms with van der Waals surface area (Å²) in [6.45, 7) is 0.192. The highest BCUT2D eigenvalue weighted by atomic mass is 35.5. The number of fused-ring (bicyclic) bond motifs is 1. The first-order valence-electron chi connectivity index (χ1n) is 7.37. The number of hydrogen-bond donors (Lipinski definition) is 1. The van der Waals surface area contributed by atoms with Crippen molar-refractivity contribution in [2.75, 3.05) is 5.73 Å². The lowest BCUT2D eigenvalue weighted by Crippen LogP contribution is -2.09. The van der Waals surface area contributed by atoms with Gasteiger partial charge in [-0.15, -0.1) is 0 Å². The number of pyridine rings is 1. The third-order valence-corrected chi connectivity index (χ3v) is 3.89. The van der Waals surface area contributed by atoms with Gasteiger partial charge in [-0.25, -0.2) is 14.2 Å². The van der Waals surface area contributed by atoms with Crippen molar-refractivity contribution in [3.63, 3.8) is 0 Å². The van der Waals surface area contributed by atoms with Gasteiger partial charge in [-0.3, -0.25) is 0 Å². The minimum atomic E-state index is 0.192. The van der Waals surface area contributed by atoms with E-state index in [1.54, 1.807) is 23.7 Å². The summed E-state index contributed by atoms with van der Waals surface area (Å²) in [7, 11) is 1.73. The van der Waals surface area contributed by atoms with Crippen LogP contribution in [0.3, 0.4) is 0 Å². The highest BCUT2D eigenvalue weighted by molar-refractivity contribution is 6.35. The van der Waals surface area contributed by atoms with Gasteiger partial charge in [0.2, 0.25) is 0 Å². The van der Waals surface area contributed by atoms with E-state index in [-0.39, 0.29) is 6.61 Å². The van der Waals surface area contributed by atoms with Crippen molar-refractivity contribution >= 4 is 28.5 Å². The smallest absolute Gasteiger partial charge is 0.305 e. The average molecular weight is 357 g/mol. The number of aryl methyl sites for hydroxylation is 1. The zero-order valence-electron chi connectivity index (χ0n) is 13.2. The SMILES string of the molecule is Cn1nnnc1-n1c(OCc2cccc(N)n2)nc2c(Cl)cccc21. The zero-order chi connectivity index (χ0) is 17.4. The lowest BCUT2D eigenvalue weighted by molar-refractivity contribution is 0.272. The number of hydrogen-bond acceptors (Lipinski definition) is 7. The van der Waals surface area contributed by atoms with Crippen molar-refractivity contribution in [1.29, 1.82) is 0 Å². The van der Waals surface area contributed by atoms with Crippen LogP contribution in [-0.2, 0) is 13.7 Å². The number of nitrogens with zero attached hydrogens (tertiary/aromatic N) is 7. The fraction of sp³-hybridized carbons (Fsp3) is 0.133. The van der Waals surface area contributed by atoms with Gasteiger partial charge < -0.3 is 10.5 Å². The second-order valence-corrected chi connectivity index (χ2v) is 5.69. The Morgan fingerprint density at radius 1 is 1.16 bits per heavy atom. The normalized spacial score (nSPS) is 11.1. The lowest BCUT2D eigenvalue weighted by Gasteiger charge is -2.08. The number of nitrogens with two attached hydrogens (primary N) is 1. The second kappa shape index (κ2) is 6.02. The van der Waals surface area contributed by atoms with E-state index in [0.717, 1.165) is 5.52 Å². The first-order chi connectivity index (χ1) is 12.1. The van der Waals surface area contributed by atoms with Gasteiger partial charge in [-0.05, 0) is 34.7 Å². The Kier molecular flexibility index (Phi) is 3.69. The molecule has 0 aliphatic carbocycles. The molecule has 9 nitrogen and oxygen atoms in total. The van der Waals surface area contributed by atoms with E-state index in [0.29, 0.717) is 34.0 Å². The molecule has 0 saturated heterocycles. The van der Waals surface area contributed by atoms with Gasteiger partial charge in [0.15, 0.2) is 0 Å². The van der Waals surface area contributed by atoms with Gasteiger partial charge in [-0.1, -0.05) is 28.8 Å². The van der Waals surface area contributed by atoms with Gasteiger partial charge in [0.25, 0.3) is 5.95 Å². The molecule has 4 rings (SSSR count). The number of imidazole rings is 1. The van der Waals surface area contributed by atoms with Crippen LogP contribution < -0.4 is 10.5 Å². The Morgan fingerprint density at radius 2 is 2.00 bits per heavy atom. The minimum Gasteiger partial charge on any atom is -0.458 e. The molecular weight excluding hydrogens is 344 g/mol. The van der Waals surface area contributed by atoms with E-state index in [9.17, 15) is 0 Å². The summed E-state index contributed by atoms with van der Waals surface area (Å²) in [4.78, 5) is 8.70. The molecule has 10 heteroatoms. The molecule has 4 aromatic rings. The van der Waals surface area contributed by atoms with Gasteiger partial charge in [0.1, 0.15) is 17.9 Å². The fourth-order valence-corrected chi connectivity index (χ4v) is 2.68. The van der Waals surface area contributed by atoms with Crippen LogP contribution in [0.15, 0.2) is 36.4 Å². The van der Waals surface area contributed by atoms with Crippen molar-refractivity contribution in [2.24, 2.45) is 7.05 Å². The quantitative estimate of drug-likeness (QED) is 0.593. The summed E-state index contributed by atoms with van der Waals surface area (Å²) in [6.07, 6.45) is 0. The van der Waals surface area contributed by atoms with Crippen molar-refractivity contribution in [2.45, 2.75) is 6.61 Å². The van der Waals surface area contributed by atoms with Crippen LogP contribution >= 0.6 is 11.6 Å². The molecule has 0 atom stereocenters. The van der Waals surface area contributed by atoms with Gasteiger partial charge in [0, 0.05) is 7.05 Å². The summed E-state index contributed by atoms with van der Waals surface area (Å²) >= 11 is 6.26. The summed E-state index contributed by atoms with van der Waals surface area (Å²) < 4.78 is 9.09. The lowest BCUT2D eigenvalue weighted by atomic mass is 10.3. The molecule has 2 N–H and O–H groups in total. The number of anilines is 1. The Bertz CT molecular complexity index is 1060. The molecule has 0 amide bonds. The number of aromatic nitrogens is 7. The maximum atomic E-state index is 6.26. The highest BCUT2D eigenvalue weighted by Gasteiger charge is 2.19.